The summed E-state index contributed by atoms with van der Waals surface area (Å²) < 4.78 is 37.6. The lowest BCUT2D eigenvalue weighted by molar-refractivity contribution is -0.186. The zero-order chi connectivity index (χ0) is 16.3. The monoisotopic (exact) mass is 314 g/mol. The Labute approximate surface area is 126 Å². The van der Waals surface area contributed by atoms with Crippen molar-refractivity contribution in [3.8, 4) is 0 Å². The largest absolute Gasteiger partial charge is 0.471 e. The zero-order valence-electron chi connectivity index (χ0n) is 12.1. The highest BCUT2D eigenvalue weighted by atomic mass is 19.4. The number of benzene rings is 1. The number of alkyl halides is 3. The van der Waals surface area contributed by atoms with Gasteiger partial charge in [-0.3, -0.25) is 9.59 Å². The summed E-state index contributed by atoms with van der Waals surface area (Å²) in [6.07, 6.45) is -3.48. The normalized spacial score (nSPS) is 18.4. The summed E-state index contributed by atoms with van der Waals surface area (Å²) in [5.41, 5.74) is 1.60. The van der Waals surface area contributed by atoms with Gasteiger partial charge in [0.05, 0.1) is 0 Å². The van der Waals surface area contributed by atoms with Crippen LogP contribution in [0.4, 0.5) is 18.9 Å². The van der Waals surface area contributed by atoms with Gasteiger partial charge in [0.2, 0.25) is 5.91 Å². The van der Waals surface area contributed by atoms with Crippen molar-refractivity contribution in [2.24, 2.45) is 0 Å². The first-order valence-electron chi connectivity index (χ1n) is 7.10. The molecule has 7 heteroatoms. The number of hydrogen-bond acceptors (Lipinski definition) is 2. The number of rotatable bonds is 3. The van der Waals surface area contributed by atoms with Crippen LogP contribution in [0.25, 0.3) is 0 Å². The summed E-state index contributed by atoms with van der Waals surface area (Å²) in [6, 6.07) is 6.00. The van der Waals surface area contributed by atoms with E-state index in [1.165, 1.54) is 0 Å². The molecule has 0 radical (unpaired) electrons. The second-order valence-electron chi connectivity index (χ2n) is 5.19. The Hall–Kier alpha value is -2.05. The maximum atomic E-state index is 12.5. The van der Waals surface area contributed by atoms with Gasteiger partial charge in [-0.1, -0.05) is 19.1 Å². The summed E-state index contributed by atoms with van der Waals surface area (Å²) in [5.74, 6) is -2.54. The van der Waals surface area contributed by atoms with Crippen LogP contribution in [0.15, 0.2) is 24.3 Å². The quantitative estimate of drug-likeness (QED) is 0.932. The molecule has 2 amide bonds. The van der Waals surface area contributed by atoms with Crippen molar-refractivity contribution >= 4 is 17.5 Å². The topological polar surface area (TPSA) is 49.4 Å². The second-order valence-corrected chi connectivity index (χ2v) is 5.19. The molecule has 1 aromatic carbocycles. The van der Waals surface area contributed by atoms with Gasteiger partial charge >= 0.3 is 12.1 Å². The predicted octanol–water partition coefficient (Wildman–Crippen LogP) is 2.74. The lowest BCUT2D eigenvalue weighted by Gasteiger charge is -2.24. The number of carbonyl (C=O) groups excluding carboxylic acids is 2. The third-order valence-electron chi connectivity index (χ3n) is 3.69. The van der Waals surface area contributed by atoms with Gasteiger partial charge in [0, 0.05) is 12.2 Å². The van der Waals surface area contributed by atoms with Crippen LogP contribution >= 0.6 is 0 Å². The van der Waals surface area contributed by atoms with E-state index >= 15 is 0 Å². The van der Waals surface area contributed by atoms with E-state index in [2.05, 4.69) is 5.32 Å². The Kier molecular flexibility index (Phi) is 4.73. The fraction of sp³-hybridized carbons (Fsp3) is 0.467. The van der Waals surface area contributed by atoms with Crippen LogP contribution in [0.5, 0.6) is 0 Å². The van der Waals surface area contributed by atoms with E-state index in [4.69, 9.17) is 0 Å². The molecule has 22 heavy (non-hydrogen) atoms. The molecule has 1 saturated heterocycles. The Morgan fingerprint density at radius 1 is 1.27 bits per heavy atom. The smallest absolute Gasteiger partial charge is 0.324 e. The molecule has 0 saturated carbocycles. The third-order valence-corrected chi connectivity index (χ3v) is 3.69. The number of anilines is 1. The first kappa shape index (κ1) is 16.3. The van der Waals surface area contributed by atoms with Crippen molar-refractivity contribution in [3.05, 3.63) is 29.8 Å². The molecule has 0 spiro atoms. The average Bonchev–Trinajstić information content (AvgIpc) is 2.95. The van der Waals surface area contributed by atoms with Gasteiger partial charge in [-0.25, -0.2) is 0 Å². The number of nitrogens with one attached hydrogen (secondary N) is 1. The van der Waals surface area contributed by atoms with Crippen molar-refractivity contribution in [1.29, 1.82) is 0 Å². The van der Waals surface area contributed by atoms with Gasteiger partial charge in [-0.2, -0.15) is 13.2 Å². The number of likely N-dealkylation sites (tertiary alicyclic amines) is 1. The lowest BCUT2D eigenvalue weighted by atomic mass is 10.1. The van der Waals surface area contributed by atoms with Crippen LogP contribution < -0.4 is 5.32 Å². The number of halogens is 3. The van der Waals surface area contributed by atoms with Crippen molar-refractivity contribution in [3.63, 3.8) is 0 Å². The molecule has 0 aliphatic carbocycles. The van der Waals surface area contributed by atoms with Crippen LogP contribution in [0, 0.1) is 0 Å². The summed E-state index contributed by atoms with van der Waals surface area (Å²) in [4.78, 5) is 24.1. The number of nitrogens with zero attached hydrogens (tertiary/aromatic N) is 1. The van der Waals surface area contributed by atoms with E-state index < -0.39 is 24.0 Å². The zero-order valence-corrected chi connectivity index (χ0v) is 12.1. The molecule has 4 nitrogen and oxygen atoms in total. The minimum atomic E-state index is -4.95. The SMILES string of the molecule is CCc1ccc(NC(=O)C2CCCN2C(=O)C(F)(F)F)cc1. The molecule has 1 atom stereocenters. The number of amides is 2. The van der Waals surface area contributed by atoms with Crippen LogP contribution in [-0.4, -0.2) is 35.5 Å². The van der Waals surface area contributed by atoms with Gasteiger partial charge in [0.1, 0.15) is 6.04 Å². The molecule has 1 N–H and O–H groups in total. The summed E-state index contributed by atoms with van der Waals surface area (Å²) in [7, 11) is 0. The van der Waals surface area contributed by atoms with E-state index in [9.17, 15) is 22.8 Å². The van der Waals surface area contributed by atoms with E-state index in [-0.39, 0.29) is 13.0 Å². The Morgan fingerprint density at radius 3 is 2.45 bits per heavy atom. The highest BCUT2D eigenvalue weighted by molar-refractivity contribution is 5.98. The van der Waals surface area contributed by atoms with Crippen molar-refractivity contribution in [2.75, 3.05) is 11.9 Å². The van der Waals surface area contributed by atoms with E-state index in [1.54, 1.807) is 12.1 Å². The first-order valence-corrected chi connectivity index (χ1v) is 7.10. The Bertz CT molecular complexity index is 555. The molecule has 1 aromatic rings. The predicted molar refractivity (Wildman–Crippen MR) is 75.2 cm³/mol. The highest BCUT2D eigenvalue weighted by Crippen LogP contribution is 2.26. The van der Waals surface area contributed by atoms with Crippen molar-refractivity contribution in [1.82, 2.24) is 4.90 Å². The molecule has 0 aromatic heterocycles. The lowest BCUT2D eigenvalue weighted by Crippen LogP contribution is -2.48. The third kappa shape index (κ3) is 3.58. The number of aryl methyl sites for hydroxylation is 1. The van der Waals surface area contributed by atoms with Gasteiger partial charge < -0.3 is 10.2 Å². The molecule has 0 bridgehead atoms. The second kappa shape index (κ2) is 6.37. The van der Waals surface area contributed by atoms with Gasteiger partial charge in [0.25, 0.3) is 0 Å². The van der Waals surface area contributed by atoms with E-state index in [1.807, 2.05) is 19.1 Å². The fourth-order valence-electron chi connectivity index (χ4n) is 2.49. The molecule has 1 fully saturated rings. The highest BCUT2D eigenvalue weighted by Gasteiger charge is 2.47. The van der Waals surface area contributed by atoms with Crippen molar-refractivity contribution in [2.45, 2.75) is 38.4 Å². The van der Waals surface area contributed by atoms with Crippen LogP contribution in [0.1, 0.15) is 25.3 Å². The van der Waals surface area contributed by atoms with Gasteiger partial charge in [-0.15, -0.1) is 0 Å². The molecule has 1 aliphatic heterocycles. The molecule has 2 rings (SSSR count). The van der Waals surface area contributed by atoms with E-state index in [0.29, 0.717) is 17.0 Å². The Morgan fingerprint density at radius 2 is 1.91 bits per heavy atom. The summed E-state index contributed by atoms with van der Waals surface area (Å²) in [5, 5.41) is 2.57. The van der Waals surface area contributed by atoms with Gasteiger partial charge in [-0.05, 0) is 37.0 Å². The maximum Gasteiger partial charge on any atom is 0.471 e. The van der Waals surface area contributed by atoms with Crippen LogP contribution in [0.3, 0.4) is 0 Å². The minimum Gasteiger partial charge on any atom is -0.324 e. The average molecular weight is 314 g/mol. The maximum absolute atomic E-state index is 12.5. The molecule has 1 unspecified atom stereocenters. The van der Waals surface area contributed by atoms with E-state index in [0.717, 1.165) is 12.0 Å². The molecular weight excluding hydrogens is 297 g/mol. The Balaban J connectivity index is 2.06. The molecular formula is C15H17F3N2O2. The van der Waals surface area contributed by atoms with Gasteiger partial charge in [0.15, 0.2) is 0 Å². The molecule has 1 heterocycles. The molecule has 1 aliphatic rings. The summed E-state index contributed by atoms with van der Waals surface area (Å²) >= 11 is 0. The standard InChI is InChI=1S/C15H17F3N2O2/c1-2-10-5-7-11(8-6-10)19-13(21)12-4-3-9-20(12)14(22)15(16,17)18/h5-8,12H,2-4,9H2,1H3,(H,19,21). The number of carbonyl (C=O) groups is 2. The fourth-order valence-corrected chi connectivity index (χ4v) is 2.49. The van der Waals surface area contributed by atoms with Crippen LogP contribution in [-0.2, 0) is 16.0 Å². The van der Waals surface area contributed by atoms with Crippen LogP contribution in [0.2, 0.25) is 0 Å². The minimum absolute atomic E-state index is 0.0504. The molecule has 120 valence electrons. The summed E-state index contributed by atoms with van der Waals surface area (Å²) in [6.45, 7) is 1.94. The first-order chi connectivity index (χ1) is 10.3. The van der Waals surface area contributed by atoms with Crippen molar-refractivity contribution < 1.29 is 22.8 Å². The number of hydrogen-bond donors (Lipinski definition) is 1.